The highest BCUT2D eigenvalue weighted by Gasteiger charge is 2.22. The number of aryl methyl sites for hydroxylation is 1. The molecule has 0 radical (unpaired) electrons. The molecule has 1 amide bonds. The Morgan fingerprint density at radius 2 is 1.89 bits per heavy atom. The van der Waals surface area contributed by atoms with E-state index in [9.17, 15) is 9.59 Å². The van der Waals surface area contributed by atoms with Gasteiger partial charge in [-0.3, -0.25) is 14.5 Å². The summed E-state index contributed by atoms with van der Waals surface area (Å²) in [5, 5.41) is 3.57. The number of morpholine rings is 1. The van der Waals surface area contributed by atoms with Crippen molar-refractivity contribution in [3.05, 3.63) is 58.0 Å². The molecule has 2 aliphatic rings. The number of ether oxygens (including phenoxy) is 1. The van der Waals surface area contributed by atoms with Crippen LogP contribution >= 0.6 is 0 Å². The summed E-state index contributed by atoms with van der Waals surface area (Å²) < 4.78 is 7.35. The lowest BCUT2D eigenvalue weighted by Gasteiger charge is -2.26. The predicted molar refractivity (Wildman–Crippen MR) is 135 cm³/mol. The first-order chi connectivity index (χ1) is 17.1. The SMILES string of the molecule is NC(=O)c1cn(C2CCCC2)c2nc(Nc3ccc(CCCN4CCOCC4)cc3)ncc2c1=O. The third kappa shape index (κ3) is 5.36. The number of nitrogens with zero attached hydrogens (tertiary/aromatic N) is 4. The van der Waals surface area contributed by atoms with Crippen LogP contribution in [0.5, 0.6) is 0 Å². The van der Waals surface area contributed by atoms with Gasteiger partial charge in [-0.2, -0.15) is 4.98 Å². The molecule has 5 rings (SSSR count). The summed E-state index contributed by atoms with van der Waals surface area (Å²) in [6, 6.07) is 8.48. The van der Waals surface area contributed by atoms with Gasteiger partial charge in [0, 0.05) is 37.2 Å². The van der Waals surface area contributed by atoms with E-state index in [1.807, 2.05) is 16.7 Å². The topological polar surface area (TPSA) is 115 Å². The van der Waals surface area contributed by atoms with Gasteiger partial charge in [0.25, 0.3) is 5.91 Å². The number of hydrogen-bond donors (Lipinski definition) is 2. The molecule has 1 saturated carbocycles. The van der Waals surface area contributed by atoms with Crippen molar-refractivity contribution in [3.63, 3.8) is 0 Å². The van der Waals surface area contributed by atoms with E-state index in [-0.39, 0.29) is 11.6 Å². The molecule has 1 saturated heterocycles. The van der Waals surface area contributed by atoms with Gasteiger partial charge in [0.05, 0.1) is 18.6 Å². The Balaban J connectivity index is 1.31. The maximum Gasteiger partial charge on any atom is 0.254 e. The molecule has 1 aliphatic heterocycles. The smallest absolute Gasteiger partial charge is 0.254 e. The summed E-state index contributed by atoms with van der Waals surface area (Å²) in [5.74, 6) is -0.313. The van der Waals surface area contributed by atoms with E-state index < -0.39 is 11.3 Å². The number of fused-ring (bicyclic) bond motifs is 1. The minimum atomic E-state index is -0.726. The summed E-state index contributed by atoms with van der Waals surface area (Å²) in [4.78, 5) is 36.1. The highest BCUT2D eigenvalue weighted by Crippen LogP contribution is 2.31. The van der Waals surface area contributed by atoms with Crippen molar-refractivity contribution in [2.24, 2.45) is 5.73 Å². The van der Waals surface area contributed by atoms with Crippen molar-refractivity contribution in [1.82, 2.24) is 19.4 Å². The Hall–Kier alpha value is -3.30. The van der Waals surface area contributed by atoms with Crippen LogP contribution in [0.15, 0.2) is 41.5 Å². The normalized spacial score (nSPS) is 17.1. The third-order valence-corrected chi connectivity index (χ3v) is 7.01. The molecule has 9 nitrogen and oxygen atoms in total. The van der Waals surface area contributed by atoms with E-state index in [1.54, 1.807) is 6.20 Å². The highest BCUT2D eigenvalue weighted by molar-refractivity contribution is 5.95. The summed E-state index contributed by atoms with van der Waals surface area (Å²) in [5.41, 5.74) is 7.74. The molecule has 0 unspecified atom stereocenters. The lowest BCUT2D eigenvalue weighted by molar-refractivity contribution is 0.0374. The van der Waals surface area contributed by atoms with E-state index in [0.717, 1.165) is 77.1 Å². The second-order valence-electron chi connectivity index (χ2n) is 9.39. The summed E-state index contributed by atoms with van der Waals surface area (Å²) in [7, 11) is 0. The zero-order valence-electron chi connectivity index (χ0n) is 19.9. The van der Waals surface area contributed by atoms with Crippen LogP contribution in [-0.4, -0.2) is 58.2 Å². The van der Waals surface area contributed by atoms with Crippen LogP contribution in [0.25, 0.3) is 11.0 Å². The number of benzene rings is 1. The fourth-order valence-corrected chi connectivity index (χ4v) is 5.05. The highest BCUT2D eigenvalue weighted by atomic mass is 16.5. The molecule has 1 aromatic carbocycles. The van der Waals surface area contributed by atoms with E-state index >= 15 is 0 Å². The van der Waals surface area contributed by atoms with Crippen molar-refractivity contribution >= 4 is 28.6 Å². The maximum absolute atomic E-state index is 12.8. The van der Waals surface area contributed by atoms with Crippen LogP contribution in [0, 0.1) is 0 Å². The summed E-state index contributed by atoms with van der Waals surface area (Å²) in [6.07, 6.45) is 9.40. The first kappa shape index (κ1) is 23.4. The van der Waals surface area contributed by atoms with Gasteiger partial charge in [-0.1, -0.05) is 25.0 Å². The molecule has 2 fully saturated rings. The number of nitrogens with one attached hydrogen (secondary N) is 1. The number of carbonyl (C=O) groups excluding carboxylic acids is 1. The minimum absolute atomic E-state index is 0.0158. The number of carbonyl (C=O) groups is 1. The number of aromatic nitrogens is 3. The van der Waals surface area contributed by atoms with Crippen molar-refractivity contribution in [3.8, 4) is 0 Å². The van der Waals surface area contributed by atoms with Crippen molar-refractivity contribution < 1.29 is 9.53 Å². The molecule has 3 N–H and O–H groups in total. The molecule has 3 heterocycles. The summed E-state index contributed by atoms with van der Waals surface area (Å²) in [6.45, 7) is 4.80. The van der Waals surface area contributed by atoms with Crippen LogP contribution in [-0.2, 0) is 11.2 Å². The zero-order valence-corrected chi connectivity index (χ0v) is 19.9. The van der Waals surface area contributed by atoms with Gasteiger partial charge >= 0.3 is 0 Å². The Kier molecular flexibility index (Phi) is 7.06. The van der Waals surface area contributed by atoms with Crippen LogP contribution in [0.2, 0.25) is 0 Å². The monoisotopic (exact) mass is 476 g/mol. The average Bonchev–Trinajstić information content (AvgIpc) is 3.41. The van der Waals surface area contributed by atoms with Crippen LogP contribution < -0.4 is 16.5 Å². The fraction of sp³-hybridized carbons (Fsp3) is 0.462. The lowest BCUT2D eigenvalue weighted by Crippen LogP contribution is -2.36. The number of nitrogens with two attached hydrogens (primary N) is 1. The maximum atomic E-state index is 12.8. The Bertz CT molecular complexity index is 1240. The minimum Gasteiger partial charge on any atom is -0.379 e. The number of amides is 1. The van der Waals surface area contributed by atoms with E-state index in [2.05, 4.69) is 32.3 Å². The number of hydrogen-bond acceptors (Lipinski definition) is 7. The van der Waals surface area contributed by atoms with Crippen molar-refractivity contribution in [2.45, 2.75) is 44.6 Å². The summed E-state index contributed by atoms with van der Waals surface area (Å²) >= 11 is 0. The fourth-order valence-electron chi connectivity index (χ4n) is 5.05. The third-order valence-electron chi connectivity index (χ3n) is 7.01. The van der Waals surface area contributed by atoms with Gasteiger partial charge in [0.2, 0.25) is 11.4 Å². The average molecular weight is 477 g/mol. The van der Waals surface area contributed by atoms with Gasteiger partial charge in [-0.25, -0.2) is 4.98 Å². The molecule has 0 bridgehead atoms. The van der Waals surface area contributed by atoms with Crippen LogP contribution in [0.1, 0.15) is 54.1 Å². The molecule has 9 heteroatoms. The lowest BCUT2D eigenvalue weighted by atomic mass is 10.1. The number of rotatable bonds is 8. The molecule has 1 aliphatic carbocycles. The zero-order chi connectivity index (χ0) is 24.2. The Labute approximate surface area is 204 Å². The van der Waals surface area contributed by atoms with E-state index in [4.69, 9.17) is 10.5 Å². The Morgan fingerprint density at radius 1 is 1.14 bits per heavy atom. The van der Waals surface area contributed by atoms with E-state index in [1.165, 1.54) is 11.8 Å². The molecule has 3 aromatic rings. The molecular weight excluding hydrogens is 444 g/mol. The standard InChI is InChI=1S/C26H32N6O3/c27-24(34)22-17-32(20-5-1-2-6-20)25-21(23(22)33)16-28-26(30-25)29-19-9-7-18(8-10-19)4-3-11-31-12-14-35-15-13-31/h7-10,16-17,20H,1-6,11-15H2,(H2,27,34)(H,28,29,30). The van der Waals surface area contributed by atoms with Gasteiger partial charge < -0.3 is 20.4 Å². The molecule has 0 spiro atoms. The van der Waals surface area contributed by atoms with Gasteiger partial charge in [0.15, 0.2) is 0 Å². The number of anilines is 2. The van der Waals surface area contributed by atoms with Crippen LogP contribution in [0.4, 0.5) is 11.6 Å². The van der Waals surface area contributed by atoms with Gasteiger partial charge in [0.1, 0.15) is 11.2 Å². The first-order valence-corrected chi connectivity index (χ1v) is 12.5. The van der Waals surface area contributed by atoms with Crippen molar-refractivity contribution in [2.75, 3.05) is 38.2 Å². The quantitative estimate of drug-likeness (QED) is 0.513. The molecule has 35 heavy (non-hydrogen) atoms. The van der Waals surface area contributed by atoms with Gasteiger partial charge in [-0.05, 0) is 49.9 Å². The second kappa shape index (κ2) is 10.5. The van der Waals surface area contributed by atoms with Crippen molar-refractivity contribution in [1.29, 1.82) is 0 Å². The van der Waals surface area contributed by atoms with Gasteiger partial charge in [-0.15, -0.1) is 0 Å². The molecule has 2 aromatic heterocycles. The number of pyridine rings is 1. The first-order valence-electron chi connectivity index (χ1n) is 12.5. The molecular formula is C26H32N6O3. The van der Waals surface area contributed by atoms with E-state index in [0.29, 0.717) is 17.0 Å². The Morgan fingerprint density at radius 3 is 2.60 bits per heavy atom. The largest absolute Gasteiger partial charge is 0.379 e. The number of primary amides is 1. The predicted octanol–water partition coefficient (Wildman–Crippen LogP) is 3.01. The molecule has 184 valence electrons. The molecule has 0 atom stereocenters. The van der Waals surface area contributed by atoms with Crippen LogP contribution in [0.3, 0.4) is 0 Å². The second-order valence-corrected chi connectivity index (χ2v) is 9.39.